The van der Waals surface area contributed by atoms with Crippen LogP contribution in [0.3, 0.4) is 0 Å². The Morgan fingerprint density at radius 2 is 1.84 bits per heavy atom. The summed E-state index contributed by atoms with van der Waals surface area (Å²) in [5.41, 5.74) is 2.32. The minimum atomic E-state index is -0.547. The van der Waals surface area contributed by atoms with E-state index in [9.17, 15) is 19.7 Å². The van der Waals surface area contributed by atoms with E-state index in [1.165, 1.54) is 31.2 Å². The van der Waals surface area contributed by atoms with Gasteiger partial charge in [-0.05, 0) is 24.6 Å². The summed E-state index contributed by atoms with van der Waals surface area (Å²) in [6.07, 6.45) is -0.0635. The van der Waals surface area contributed by atoms with Gasteiger partial charge < -0.3 is 14.6 Å². The van der Waals surface area contributed by atoms with Crippen molar-refractivity contribution in [2.45, 2.75) is 32.9 Å². The Balaban J connectivity index is 1.60. The van der Waals surface area contributed by atoms with E-state index >= 15 is 0 Å². The molecule has 160 valence electrons. The maximum Gasteiger partial charge on any atom is 0.308 e. The Labute approximate surface area is 177 Å². The fourth-order valence-electron chi connectivity index (χ4n) is 2.83. The average molecular weight is 424 g/mol. The van der Waals surface area contributed by atoms with Crippen LogP contribution < -0.4 is 5.32 Å². The maximum absolute atomic E-state index is 12.3. The van der Waals surface area contributed by atoms with Crippen molar-refractivity contribution in [2.75, 3.05) is 0 Å². The van der Waals surface area contributed by atoms with Crippen molar-refractivity contribution < 1.29 is 23.8 Å². The number of amides is 1. The zero-order valence-corrected chi connectivity index (χ0v) is 16.9. The summed E-state index contributed by atoms with van der Waals surface area (Å²) >= 11 is 0. The fourth-order valence-corrected chi connectivity index (χ4v) is 2.83. The number of non-ortho nitro benzene ring substituents is 1. The van der Waals surface area contributed by atoms with Crippen molar-refractivity contribution in [3.8, 4) is 11.4 Å². The van der Waals surface area contributed by atoms with E-state index in [2.05, 4.69) is 15.5 Å². The molecule has 0 saturated heterocycles. The van der Waals surface area contributed by atoms with Crippen molar-refractivity contribution in [2.24, 2.45) is 0 Å². The maximum atomic E-state index is 12.3. The second kappa shape index (κ2) is 9.61. The van der Waals surface area contributed by atoms with Crippen LogP contribution in [0.4, 0.5) is 5.69 Å². The first kappa shape index (κ1) is 21.6. The predicted octanol–water partition coefficient (Wildman–Crippen LogP) is 3.26. The molecular weight excluding hydrogens is 404 g/mol. The van der Waals surface area contributed by atoms with Crippen LogP contribution in [-0.2, 0) is 20.9 Å². The minimum Gasteiger partial charge on any atom is -0.455 e. The molecule has 1 N–H and O–H groups in total. The number of aryl methyl sites for hydroxylation is 1. The third kappa shape index (κ3) is 5.95. The van der Waals surface area contributed by atoms with Gasteiger partial charge in [-0.1, -0.05) is 35.0 Å². The lowest BCUT2D eigenvalue weighted by Crippen LogP contribution is -2.28. The van der Waals surface area contributed by atoms with Crippen LogP contribution in [0.2, 0.25) is 0 Å². The lowest BCUT2D eigenvalue weighted by molar-refractivity contribution is -0.384. The SMILES string of the molecule is CC(=O)NC(CC(=O)OCc1nc(-c2ccc([N+](=O)[O-])cc2)no1)c1ccc(C)cc1. The minimum absolute atomic E-state index is 0.0521. The van der Waals surface area contributed by atoms with Gasteiger partial charge in [0.05, 0.1) is 17.4 Å². The monoisotopic (exact) mass is 424 g/mol. The summed E-state index contributed by atoms with van der Waals surface area (Å²) in [5, 5.41) is 17.3. The summed E-state index contributed by atoms with van der Waals surface area (Å²) < 4.78 is 10.3. The van der Waals surface area contributed by atoms with Gasteiger partial charge in [-0.3, -0.25) is 19.7 Å². The summed E-state index contributed by atoms with van der Waals surface area (Å²) in [7, 11) is 0. The molecule has 3 aromatic rings. The molecule has 1 aromatic heterocycles. The van der Waals surface area contributed by atoms with Gasteiger partial charge in [-0.2, -0.15) is 4.98 Å². The smallest absolute Gasteiger partial charge is 0.308 e. The Morgan fingerprint density at radius 1 is 1.16 bits per heavy atom. The van der Waals surface area contributed by atoms with E-state index in [-0.39, 0.29) is 36.3 Å². The van der Waals surface area contributed by atoms with Crippen molar-refractivity contribution in [3.63, 3.8) is 0 Å². The van der Waals surface area contributed by atoms with E-state index in [0.29, 0.717) is 5.56 Å². The highest BCUT2D eigenvalue weighted by Crippen LogP contribution is 2.21. The molecule has 1 unspecified atom stereocenters. The molecule has 10 heteroatoms. The third-order valence-electron chi connectivity index (χ3n) is 4.39. The van der Waals surface area contributed by atoms with Gasteiger partial charge in [-0.15, -0.1) is 0 Å². The van der Waals surface area contributed by atoms with Gasteiger partial charge in [0.25, 0.3) is 11.6 Å². The standard InChI is InChI=1S/C21H20N4O6/c1-13-3-5-15(6-4-13)18(22-14(2)26)11-20(27)30-12-19-23-21(24-31-19)16-7-9-17(10-8-16)25(28)29/h3-10,18H,11-12H2,1-2H3,(H,22,26). The van der Waals surface area contributed by atoms with Crippen LogP contribution >= 0.6 is 0 Å². The highest BCUT2D eigenvalue weighted by atomic mass is 16.6. The predicted molar refractivity (Wildman–Crippen MR) is 109 cm³/mol. The van der Waals surface area contributed by atoms with Crippen LogP contribution in [0.5, 0.6) is 0 Å². The molecule has 0 radical (unpaired) electrons. The van der Waals surface area contributed by atoms with Crippen LogP contribution in [0.1, 0.15) is 36.4 Å². The fraction of sp³-hybridized carbons (Fsp3) is 0.238. The van der Waals surface area contributed by atoms with Crippen LogP contribution in [0, 0.1) is 17.0 Å². The number of esters is 1. The number of nitro benzene ring substituents is 1. The first-order chi connectivity index (χ1) is 14.8. The lowest BCUT2D eigenvalue weighted by atomic mass is 10.0. The van der Waals surface area contributed by atoms with Gasteiger partial charge in [-0.25, -0.2) is 0 Å². The zero-order valence-electron chi connectivity index (χ0n) is 16.9. The molecule has 0 bridgehead atoms. The number of hydrogen-bond donors (Lipinski definition) is 1. The molecule has 31 heavy (non-hydrogen) atoms. The van der Waals surface area contributed by atoms with E-state index in [1.807, 2.05) is 31.2 Å². The largest absolute Gasteiger partial charge is 0.455 e. The molecule has 0 aliphatic carbocycles. The molecule has 1 atom stereocenters. The Morgan fingerprint density at radius 3 is 2.45 bits per heavy atom. The number of carbonyl (C=O) groups is 2. The second-order valence-corrected chi connectivity index (χ2v) is 6.84. The number of ether oxygens (including phenoxy) is 1. The topological polar surface area (TPSA) is 137 Å². The normalized spacial score (nSPS) is 11.5. The number of benzene rings is 2. The highest BCUT2D eigenvalue weighted by Gasteiger charge is 2.19. The number of nitrogens with one attached hydrogen (secondary N) is 1. The average Bonchev–Trinajstić information content (AvgIpc) is 3.21. The molecule has 1 heterocycles. The van der Waals surface area contributed by atoms with E-state index in [1.54, 1.807) is 0 Å². The molecule has 1 amide bonds. The summed E-state index contributed by atoms with van der Waals surface area (Å²) in [6, 6.07) is 12.6. The van der Waals surface area contributed by atoms with Crippen LogP contribution in [0.25, 0.3) is 11.4 Å². The van der Waals surface area contributed by atoms with Crippen LogP contribution in [0.15, 0.2) is 53.1 Å². The van der Waals surface area contributed by atoms with E-state index in [0.717, 1.165) is 11.1 Å². The van der Waals surface area contributed by atoms with Crippen molar-refractivity contribution in [1.82, 2.24) is 15.5 Å². The Kier molecular flexibility index (Phi) is 6.71. The molecule has 0 saturated carbocycles. The number of nitro groups is 1. The molecule has 3 rings (SSSR count). The number of rotatable bonds is 8. The van der Waals surface area contributed by atoms with E-state index < -0.39 is 16.9 Å². The van der Waals surface area contributed by atoms with Gasteiger partial charge in [0, 0.05) is 24.6 Å². The number of hydrogen-bond acceptors (Lipinski definition) is 8. The zero-order chi connectivity index (χ0) is 22.4. The van der Waals surface area contributed by atoms with Gasteiger partial charge in [0.1, 0.15) is 0 Å². The number of carbonyl (C=O) groups excluding carboxylic acids is 2. The first-order valence-corrected chi connectivity index (χ1v) is 9.38. The number of nitrogens with zero attached hydrogens (tertiary/aromatic N) is 3. The summed E-state index contributed by atoms with van der Waals surface area (Å²) in [5.74, 6) is -0.512. The molecule has 0 fully saturated rings. The molecule has 0 spiro atoms. The van der Waals surface area contributed by atoms with Gasteiger partial charge in [0.15, 0.2) is 6.61 Å². The van der Waals surface area contributed by atoms with Crippen molar-refractivity contribution >= 4 is 17.6 Å². The molecule has 2 aromatic carbocycles. The van der Waals surface area contributed by atoms with Gasteiger partial charge >= 0.3 is 5.97 Å². The lowest BCUT2D eigenvalue weighted by Gasteiger charge is -2.17. The van der Waals surface area contributed by atoms with E-state index in [4.69, 9.17) is 9.26 Å². The summed E-state index contributed by atoms with van der Waals surface area (Å²) in [6.45, 7) is 3.09. The van der Waals surface area contributed by atoms with Crippen molar-refractivity contribution in [1.29, 1.82) is 0 Å². The molecule has 0 aliphatic rings. The second-order valence-electron chi connectivity index (χ2n) is 6.84. The Bertz CT molecular complexity index is 1080. The molecular formula is C21H20N4O6. The quantitative estimate of drug-likeness (QED) is 0.330. The van der Waals surface area contributed by atoms with Gasteiger partial charge in [0.2, 0.25) is 11.7 Å². The first-order valence-electron chi connectivity index (χ1n) is 9.38. The third-order valence-corrected chi connectivity index (χ3v) is 4.39. The number of aromatic nitrogens is 2. The molecule has 0 aliphatic heterocycles. The molecule has 10 nitrogen and oxygen atoms in total. The van der Waals surface area contributed by atoms with Crippen LogP contribution in [-0.4, -0.2) is 26.9 Å². The Hall–Kier alpha value is -4.08. The summed E-state index contributed by atoms with van der Waals surface area (Å²) in [4.78, 5) is 38.2. The van der Waals surface area contributed by atoms with Crippen molar-refractivity contribution in [3.05, 3.63) is 75.7 Å². The highest BCUT2D eigenvalue weighted by molar-refractivity contribution is 5.76.